The topological polar surface area (TPSA) is 46.3 Å². The fourth-order valence-corrected chi connectivity index (χ4v) is 1.84. The van der Waals surface area contributed by atoms with Crippen LogP contribution in [0.25, 0.3) is 0 Å². The highest BCUT2D eigenvalue weighted by Crippen LogP contribution is 2.31. The number of aliphatic hydroxyl groups excluding tert-OH is 1. The molecule has 2 unspecified atom stereocenters. The lowest BCUT2D eigenvalue weighted by Gasteiger charge is -2.16. The van der Waals surface area contributed by atoms with Gasteiger partial charge in [0.1, 0.15) is 17.6 Å². The van der Waals surface area contributed by atoms with Crippen molar-refractivity contribution >= 4 is 0 Å². The van der Waals surface area contributed by atoms with Gasteiger partial charge in [-0.05, 0) is 29.8 Å². The molecule has 0 spiro atoms. The van der Waals surface area contributed by atoms with E-state index in [0.717, 1.165) is 17.7 Å². The lowest BCUT2D eigenvalue weighted by molar-refractivity contribution is 0.124. The first-order valence-corrected chi connectivity index (χ1v) is 5.89. The van der Waals surface area contributed by atoms with Crippen molar-refractivity contribution in [1.29, 1.82) is 0 Å². The molecule has 0 aromatic carbocycles. The number of aryl methyl sites for hydroxylation is 1. The molecule has 0 bridgehead atoms. The van der Waals surface area contributed by atoms with Gasteiger partial charge in [0.2, 0.25) is 0 Å². The maximum absolute atomic E-state index is 10.2. The minimum atomic E-state index is -0.613. The van der Waals surface area contributed by atoms with E-state index in [1.54, 1.807) is 12.4 Å². The standard InChI is InChI=1S/C14H17NO2/c1-3-12-4-5-13(17-12)14(16)10(2)11-6-8-15-9-7-11/h4-10,14,16H,3H2,1-2H3. The highest BCUT2D eigenvalue weighted by Gasteiger charge is 2.21. The molecule has 3 heteroatoms. The Morgan fingerprint density at radius 3 is 2.53 bits per heavy atom. The van der Waals surface area contributed by atoms with Crippen LogP contribution < -0.4 is 0 Å². The Labute approximate surface area is 101 Å². The van der Waals surface area contributed by atoms with Gasteiger partial charge in [0, 0.05) is 24.7 Å². The SMILES string of the molecule is CCc1ccc(C(O)C(C)c2ccncc2)o1. The molecule has 3 nitrogen and oxygen atoms in total. The zero-order valence-corrected chi connectivity index (χ0v) is 10.1. The van der Waals surface area contributed by atoms with Gasteiger partial charge in [0.25, 0.3) is 0 Å². The predicted octanol–water partition coefficient (Wildman–Crippen LogP) is 3.07. The second kappa shape index (κ2) is 5.15. The van der Waals surface area contributed by atoms with E-state index in [2.05, 4.69) is 4.98 Å². The smallest absolute Gasteiger partial charge is 0.133 e. The summed E-state index contributed by atoms with van der Waals surface area (Å²) in [5.41, 5.74) is 1.06. The number of furan rings is 1. The van der Waals surface area contributed by atoms with Gasteiger partial charge in [-0.15, -0.1) is 0 Å². The van der Waals surface area contributed by atoms with Gasteiger partial charge in [0.15, 0.2) is 0 Å². The van der Waals surface area contributed by atoms with Crippen LogP contribution in [-0.4, -0.2) is 10.1 Å². The van der Waals surface area contributed by atoms with Crippen LogP contribution in [0.2, 0.25) is 0 Å². The lowest BCUT2D eigenvalue weighted by Crippen LogP contribution is -2.06. The first kappa shape index (κ1) is 11.9. The maximum Gasteiger partial charge on any atom is 0.133 e. The third-order valence-corrected chi connectivity index (χ3v) is 3.03. The van der Waals surface area contributed by atoms with Crippen LogP contribution in [0.5, 0.6) is 0 Å². The van der Waals surface area contributed by atoms with Crippen molar-refractivity contribution in [2.24, 2.45) is 0 Å². The summed E-state index contributed by atoms with van der Waals surface area (Å²) in [6, 6.07) is 7.59. The minimum Gasteiger partial charge on any atom is -0.463 e. The van der Waals surface area contributed by atoms with E-state index in [0.29, 0.717) is 5.76 Å². The molecular formula is C14H17NO2. The van der Waals surface area contributed by atoms with Crippen LogP contribution in [0, 0.1) is 0 Å². The van der Waals surface area contributed by atoms with Gasteiger partial charge in [-0.3, -0.25) is 4.98 Å². The minimum absolute atomic E-state index is 0.00569. The number of aliphatic hydroxyl groups is 1. The Kier molecular flexibility index (Phi) is 3.59. The summed E-state index contributed by atoms with van der Waals surface area (Å²) in [6.45, 7) is 4.01. The largest absolute Gasteiger partial charge is 0.463 e. The van der Waals surface area contributed by atoms with Crippen LogP contribution in [0.15, 0.2) is 41.1 Å². The molecule has 0 saturated carbocycles. The van der Waals surface area contributed by atoms with Crippen molar-refractivity contribution < 1.29 is 9.52 Å². The summed E-state index contributed by atoms with van der Waals surface area (Å²) >= 11 is 0. The second-order valence-electron chi connectivity index (χ2n) is 4.17. The first-order valence-electron chi connectivity index (χ1n) is 5.89. The molecule has 2 heterocycles. The molecule has 0 radical (unpaired) electrons. The predicted molar refractivity (Wildman–Crippen MR) is 65.7 cm³/mol. The summed E-state index contributed by atoms with van der Waals surface area (Å²) in [5.74, 6) is 1.53. The van der Waals surface area contributed by atoms with Crippen LogP contribution >= 0.6 is 0 Å². The van der Waals surface area contributed by atoms with E-state index < -0.39 is 6.10 Å². The number of nitrogens with zero attached hydrogens (tertiary/aromatic N) is 1. The van der Waals surface area contributed by atoms with E-state index >= 15 is 0 Å². The fraction of sp³-hybridized carbons (Fsp3) is 0.357. The molecular weight excluding hydrogens is 214 g/mol. The van der Waals surface area contributed by atoms with Gasteiger partial charge in [-0.2, -0.15) is 0 Å². The summed E-state index contributed by atoms with van der Waals surface area (Å²) in [7, 11) is 0. The molecule has 0 fully saturated rings. The van der Waals surface area contributed by atoms with Crippen molar-refractivity contribution in [3.05, 3.63) is 53.7 Å². The molecule has 1 N–H and O–H groups in total. The average Bonchev–Trinajstić information content (AvgIpc) is 2.87. The molecule has 0 aliphatic carbocycles. The number of rotatable bonds is 4. The molecule has 0 saturated heterocycles. The number of hydrogen-bond acceptors (Lipinski definition) is 3. The first-order chi connectivity index (χ1) is 8.22. The third-order valence-electron chi connectivity index (χ3n) is 3.03. The zero-order valence-electron chi connectivity index (χ0n) is 10.1. The molecule has 17 heavy (non-hydrogen) atoms. The highest BCUT2D eigenvalue weighted by atomic mass is 16.4. The highest BCUT2D eigenvalue weighted by molar-refractivity contribution is 5.20. The summed E-state index contributed by atoms with van der Waals surface area (Å²) in [5, 5.41) is 10.2. The van der Waals surface area contributed by atoms with Crippen LogP contribution in [0.4, 0.5) is 0 Å². The third kappa shape index (κ3) is 2.56. The molecule has 2 aromatic heterocycles. The number of pyridine rings is 1. The zero-order chi connectivity index (χ0) is 12.3. The Bertz CT molecular complexity index is 464. The van der Waals surface area contributed by atoms with Crippen molar-refractivity contribution in [1.82, 2.24) is 4.98 Å². The van der Waals surface area contributed by atoms with E-state index in [1.807, 2.05) is 38.1 Å². The molecule has 0 aliphatic rings. The Balaban J connectivity index is 2.17. The molecule has 2 atom stereocenters. The monoisotopic (exact) mass is 231 g/mol. The van der Waals surface area contributed by atoms with Gasteiger partial charge in [-0.25, -0.2) is 0 Å². The summed E-state index contributed by atoms with van der Waals surface area (Å²) in [4.78, 5) is 3.97. The van der Waals surface area contributed by atoms with Gasteiger partial charge < -0.3 is 9.52 Å². The summed E-state index contributed by atoms with van der Waals surface area (Å²) in [6.07, 6.45) is 3.70. The number of hydrogen-bond donors (Lipinski definition) is 1. The number of aromatic nitrogens is 1. The summed E-state index contributed by atoms with van der Waals surface area (Å²) < 4.78 is 5.57. The lowest BCUT2D eigenvalue weighted by atomic mass is 9.95. The van der Waals surface area contributed by atoms with Gasteiger partial charge in [-0.1, -0.05) is 13.8 Å². The van der Waals surface area contributed by atoms with Crippen LogP contribution in [0.1, 0.15) is 43.0 Å². The fourth-order valence-electron chi connectivity index (χ4n) is 1.84. The van der Waals surface area contributed by atoms with Crippen molar-refractivity contribution in [3.8, 4) is 0 Å². The second-order valence-corrected chi connectivity index (χ2v) is 4.17. The molecule has 0 amide bonds. The molecule has 2 rings (SSSR count). The van der Waals surface area contributed by atoms with E-state index in [4.69, 9.17) is 4.42 Å². The molecule has 0 aliphatic heterocycles. The Morgan fingerprint density at radius 2 is 1.94 bits per heavy atom. The average molecular weight is 231 g/mol. The van der Waals surface area contributed by atoms with Gasteiger partial charge in [0.05, 0.1) is 0 Å². The van der Waals surface area contributed by atoms with E-state index in [9.17, 15) is 5.11 Å². The van der Waals surface area contributed by atoms with Crippen molar-refractivity contribution in [3.63, 3.8) is 0 Å². The Hall–Kier alpha value is -1.61. The van der Waals surface area contributed by atoms with Crippen molar-refractivity contribution in [2.45, 2.75) is 32.3 Å². The van der Waals surface area contributed by atoms with Crippen LogP contribution in [0.3, 0.4) is 0 Å². The van der Waals surface area contributed by atoms with Gasteiger partial charge >= 0.3 is 0 Å². The van der Waals surface area contributed by atoms with Crippen LogP contribution in [-0.2, 0) is 6.42 Å². The van der Waals surface area contributed by atoms with E-state index in [-0.39, 0.29) is 5.92 Å². The maximum atomic E-state index is 10.2. The quantitative estimate of drug-likeness (QED) is 0.879. The molecule has 2 aromatic rings. The van der Waals surface area contributed by atoms with Crippen molar-refractivity contribution in [2.75, 3.05) is 0 Å². The Morgan fingerprint density at radius 1 is 1.24 bits per heavy atom. The molecule has 90 valence electrons. The normalized spacial score (nSPS) is 14.5. The van der Waals surface area contributed by atoms with E-state index in [1.165, 1.54) is 0 Å².